The molecule has 1 saturated heterocycles. The van der Waals surface area contributed by atoms with Gasteiger partial charge in [-0.1, -0.05) is 98.0 Å². The van der Waals surface area contributed by atoms with Gasteiger partial charge in [0.2, 0.25) is 0 Å². The monoisotopic (exact) mass is 482 g/mol. The lowest BCUT2D eigenvalue weighted by molar-refractivity contribution is -0.169. The van der Waals surface area contributed by atoms with Crippen LogP contribution in [0.15, 0.2) is 12.3 Å². The quantitative estimate of drug-likeness (QED) is 0.0886. The van der Waals surface area contributed by atoms with E-state index in [1.54, 1.807) is 0 Å². The summed E-state index contributed by atoms with van der Waals surface area (Å²) in [6.45, 7) is 14.2. The zero-order chi connectivity index (χ0) is 25.1. The fourth-order valence-electron chi connectivity index (χ4n) is 4.31. The van der Waals surface area contributed by atoms with Crippen molar-refractivity contribution in [1.82, 2.24) is 0 Å². The van der Waals surface area contributed by atoms with Crippen LogP contribution in [0.25, 0.3) is 0 Å². The minimum atomic E-state index is -0.674. The van der Waals surface area contributed by atoms with E-state index in [0.717, 1.165) is 31.6 Å². The van der Waals surface area contributed by atoms with Gasteiger partial charge in [0.15, 0.2) is 5.79 Å². The number of hydrogen-bond acceptors (Lipinski definition) is 5. The molecule has 0 radical (unpaired) electrons. The van der Waals surface area contributed by atoms with Crippen molar-refractivity contribution in [3.63, 3.8) is 0 Å². The predicted molar refractivity (Wildman–Crippen MR) is 140 cm³/mol. The van der Waals surface area contributed by atoms with E-state index in [4.69, 9.17) is 18.9 Å². The van der Waals surface area contributed by atoms with Crippen LogP contribution < -0.4 is 0 Å². The highest BCUT2D eigenvalue weighted by Crippen LogP contribution is 2.30. The predicted octanol–water partition coefficient (Wildman–Crippen LogP) is 8.11. The van der Waals surface area contributed by atoms with Gasteiger partial charge in [-0.2, -0.15) is 0 Å². The van der Waals surface area contributed by atoms with Crippen molar-refractivity contribution in [3.05, 3.63) is 12.3 Å². The number of esters is 1. The molecule has 1 aliphatic rings. The lowest BCUT2D eigenvalue weighted by Gasteiger charge is -2.24. The summed E-state index contributed by atoms with van der Waals surface area (Å²) < 4.78 is 23.3. The first-order valence-corrected chi connectivity index (χ1v) is 14.2. The standard InChI is InChI=1S/C29H54O5/c1-6-9-11-12-13-14-15-16-17-19-28(30)32-23-27-24-33-29(5,34-27)21-20-25(4)31-22-26(8-3)18-10-7-2/h26-27H,4,6-24H2,1-3,5H3. The van der Waals surface area contributed by atoms with Gasteiger partial charge in [0, 0.05) is 19.3 Å². The molecule has 0 N–H and O–H groups in total. The number of carbonyl (C=O) groups excluding carboxylic acids is 1. The second-order valence-corrected chi connectivity index (χ2v) is 10.2. The van der Waals surface area contributed by atoms with Gasteiger partial charge in [0.25, 0.3) is 0 Å². The Kier molecular flexibility index (Phi) is 17.4. The molecule has 200 valence electrons. The summed E-state index contributed by atoms with van der Waals surface area (Å²) in [5, 5.41) is 0. The maximum atomic E-state index is 12.1. The van der Waals surface area contributed by atoms with Crippen molar-refractivity contribution in [2.45, 2.75) is 142 Å². The highest BCUT2D eigenvalue weighted by molar-refractivity contribution is 5.69. The van der Waals surface area contributed by atoms with Gasteiger partial charge in [-0.05, 0) is 25.7 Å². The second-order valence-electron chi connectivity index (χ2n) is 10.2. The molecule has 3 atom stereocenters. The van der Waals surface area contributed by atoms with Gasteiger partial charge < -0.3 is 18.9 Å². The average molecular weight is 483 g/mol. The van der Waals surface area contributed by atoms with Crippen LogP contribution in [0, 0.1) is 5.92 Å². The minimum Gasteiger partial charge on any atom is -0.498 e. The van der Waals surface area contributed by atoms with E-state index in [0.29, 0.717) is 31.8 Å². The van der Waals surface area contributed by atoms with Gasteiger partial charge in [0.05, 0.1) is 19.0 Å². The van der Waals surface area contributed by atoms with Gasteiger partial charge >= 0.3 is 5.97 Å². The highest BCUT2D eigenvalue weighted by Gasteiger charge is 2.37. The Bertz CT molecular complexity index is 535. The van der Waals surface area contributed by atoms with E-state index in [9.17, 15) is 4.79 Å². The molecule has 0 aromatic heterocycles. The third-order valence-electron chi connectivity index (χ3n) is 6.83. The summed E-state index contributed by atoms with van der Waals surface area (Å²) >= 11 is 0. The van der Waals surface area contributed by atoms with Crippen LogP contribution in [0.5, 0.6) is 0 Å². The molecule has 1 heterocycles. The minimum absolute atomic E-state index is 0.129. The van der Waals surface area contributed by atoms with Crippen molar-refractivity contribution >= 4 is 5.97 Å². The lowest BCUT2D eigenvalue weighted by atomic mass is 10.0. The highest BCUT2D eigenvalue weighted by atomic mass is 16.7. The number of allylic oxidation sites excluding steroid dienone is 1. The summed E-state index contributed by atoms with van der Waals surface area (Å²) in [6, 6.07) is 0. The van der Waals surface area contributed by atoms with Crippen LogP contribution in [-0.4, -0.2) is 37.7 Å². The second kappa shape index (κ2) is 19.2. The normalized spacial score (nSPS) is 20.9. The molecular weight excluding hydrogens is 428 g/mol. The van der Waals surface area contributed by atoms with Gasteiger partial charge in [-0.25, -0.2) is 0 Å². The molecule has 0 aliphatic carbocycles. The molecule has 5 heteroatoms. The summed E-state index contributed by atoms with van der Waals surface area (Å²) in [7, 11) is 0. The van der Waals surface area contributed by atoms with Crippen LogP contribution in [0.1, 0.15) is 130 Å². The van der Waals surface area contributed by atoms with E-state index in [-0.39, 0.29) is 18.7 Å². The molecule has 1 rings (SSSR count). The third kappa shape index (κ3) is 15.0. The van der Waals surface area contributed by atoms with Gasteiger partial charge in [-0.3, -0.25) is 4.79 Å². The smallest absolute Gasteiger partial charge is 0.305 e. The van der Waals surface area contributed by atoms with E-state index in [2.05, 4.69) is 27.4 Å². The largest absolute Gasteiger partial charge is 0.498 e. The van der Waals surface area contributed by atoms with E-state index in [1.165, 1.54) is 64.2 Å². The first-order chi connectivity index (χ1) is 16.4. The van der Waals surface area contributed by atoms with E-state index >= 15 is 0 Å². The lowest BCUT2D eigenvalue weighted by Crippen LogP contribution is -2.28. The summed E-state index contributed by atoms with van der Waals surface area (Å²) in [5.41, 5.74) is 0. The maximum absolute atomic E-state index is 12.1. The molecule has 0 aromatic rings. The fourth-order valence-corrected chi connectivity index (χ4v) is 4.31. The molecule has 5 nitrogen and oxygen atoms in total. The molecular formula is C29H54O5. The molecule has 0 saturated carbocycles. The third-order valence-corrected chi connectivity index (χ3v) is 6.83. The van der Waals surface area contributed by atoms with Crippen molar-refractivity contribution in [2.75, 3.05) is 19.8 Å². The molecule has 34 heavy (non-hydrogen) atoms. The summed E-state index contributed by atoms with van der Waals surface area (Å²) in [6.07, 6.45) is 17.7. The molecule has 0 spiro atoms. The number of hydrogen-bond donors (Lipinski definition) is 0. The average Bonchev–Trinajstić information content (AvgIpc) is 3.21. The van der Waals surface area contributed by atoms with Crippen LogP contribution in [0.2, 0.25) is 0 Å². The molecule has 1 aliphatic heterocycles. The Morgan fingerprint density at radius 3 is 2.24 bits per heavy atom. The Hall–Kier alpha value is -1.07. The summed E-state index contributed by atoms with van der Waals surface area (Å²) in [5.74, 6) is 0.586. The first kappa shape index (κ1) is 31.0. The Labute approximate surface area is 210 Å². The molecule has 1 fully saturated rings. The fraction of sp³-hybridized carbons (Fsp3) is 0.897. The Morgan fingerprint density at radius 2 is 1.59 bits per heavy atom. The van der Waals surface area contributed by atoms with Crippen LogP contribution >= 0.6 is 0 Å². The SMILES string of the molecule is C=C(CCC1(C)OCC(COC(=O)CCCCCCCCCCC)O1)OCC(CC)CCCC. The Morgan fingerprint density at radius 1 is 0.941 bits per heavy atom. The molecule has 0 aromatic carbocycles. The van der Waals surface area contributed by atoms with E-state index < -0.39 is 5.79 Å². The number of unbranched alkanes of at least 4 members (excludes halogenated alkanes) is 9. The van der Waals surface area contributed by atoms with Crippen molar-refractivity contribution in [1.29, 1.82) is 0 Å². The van der Waals surface area contributed by atoms with Crippen molar-refractivity contribution < 1.29 is 23.7 Å². The Balaban J connectivity index is 2.10. The maximum Gasteiger partial charge on any atom is 0.305 e. The topological polar surface area (TPSA) is 54.0 Å². The number of rotatable bonds is 22. The molecule has 0 amide bonds. The van der Waals surface area contributed by atoms with Crippen LogP contribution in [0.4, 0.5) is 0 Å². The van der Waals surface area contributed by atoms with Crippen molar-refractivity contribution in [3.8, 4) is 0 Å². The van der Waals surface area contributed by atoms with Crippen LogP contribution in [0.3, 0.4) is 0 Å². The number of ether oxygens (including phenoxy) is 4. The van der Waals surface area contributed by atoms with Gasteiger partial charge in [0.1, 0.15) is 12.7 Å². The zero-order valence-corrected chi connectivity index (χ0v) is 22.8. The van der Waals surface area contributed by atoms with Crippen molar-refractivity contribution in [2.24, 2.45) is 5.92 Å². The number of carbonyl (C=O) groups is 1. The molecule has 3 unspecified atom stereocenters. The molecule has 0 bridgehead atoms. The van der Waals surface area contributed by atoms with E-state index in [1.807, 2.05) is 6.92 Å². The first-order valence-electron chi connectivity index (χ1n) is 14.2. The van der Waals surface area contributed by atoms with Gasteiger partial charge in [-0.15, -0.1) is 0 Å². The zero-order valence-electron chi connectivity index (χ0n) is 22.8. The van der Waals surface area contributed by atoms with Crippen LogP contribution in [-0.2, 0) is 23.7 Å². The summed E-state index contributed by atoms with van der Waals surface area (Å²) in [4.78, 5) is 12.1.